The van der Waals surface area contributed by atoms with Crippen molar-refractivity contribution in [3.8, 4) is 23.0 Å². The van der Waals surface area contributed by atoms with Gasteiger partial charge in [-0.2, -0.15) is 0 Å². The zero-order valence-electron chi connectivity index (χ0n) is 28.8. The van der Waals surface area contributed by atoms with E-state index in [2.05, 4.69) is 192 Å². The molecule has 0 bridgehead atoms. The quantitative estimate of drug-likeness (QED) is 0.174. The van der Waals surface area contributed by atoms with Crippen LogP contribution in [0.2, 0.25) is 0 Å². The number of rotatable bonds is 6. The number of para-hydroxylation sites is 6. The Morgan fingerprint density at radius 2 is 0.623 bits per heavy atom. The minimum absolute atomic E-state index is 0.744. The molecule has 0 saturated carbocycles. The van der Waals surface area contributed by atoms with Crippen molar-refractivity contribution >= 4 is 34.1 Å². The minimum atomic E-state index is -0.744. The molecular weight excluding hydrogens is 649 g/mol. The van der Waals surface area contributed by atoms with Crippen LogP contribution in [-0.4, -0.2) is 0 Å². The van der Waals surface area contributed by atoms with Gasteiger partial charge in [-0.1, -0.05) is 115 Å². The lowest BCUT2D eigenvalue weighted by Crippen LogP contribution is -2.37. The number of fused-ring (bicyclic) bond motifs is 8. The first-order valence-corrected chi connectivity index (χ1v) is 17.9. The number of anilines is 6. The van der Waals surface area contributed by atoms with Crippen molar-refractivity contribution in [1.82, 2.24) is 0 Å². The van der Waals surface area contributed by atoms with Crippen molar-refractivity contribution in [2.45, 2.75) is 5.41 Å². The predicted octanol–water partition coefficient (Wildman–Crippen LogP) is 13.2. The maximum Gasteiger partial charge on any atom is 0.134 e. The Bertz CT molecular complexity index is 2450. The van der Waals surface area contributed by atoms with E-state index in [0.717, 1.165) is 79.4 Å². The Balaban J connectivity index is 1.24. The molecule has 1 spiro atoms. The molecule has 0 fully saturated rings. The highest BCUT2D eigenvalue weighted by Crippen LogP contribution is 2.62. The fraction of sp³-hybridized carbons (Fsp3) is 0.0204. The van der Waals surface area contributed by atoms with Gasteiger partial charge in [0, 0.05) is 62.4 Å². The average molecular weight is 683 g/mol. The molecule has 0 saturated heterocycles. The Morgan fingerprint density at radius 1 is 0.264 bits per heavy atom. The Hall–Kier alpha value is -7.04. The SMILES string of the molecule is c1ccc(N(c2ccccc2)c2ccc3c(c2)Oc2ccc(N(c4ccccc4)c4ccccc4)cc2C32c3ccccc3Oc3ccccc32)cc1. The molecule has 252 valence electrons. The van der Waals surface area contributed by atoms with Crippen molar-refractivity contribution in [3.63, 3.8) is 0 Å². The Labute approximate surface area is 309 Å². The van der Waals surface area contributed by atoms with Crippen LogP contribution < -0.4 is 19.3 Å². The van der Waals surface area contributed by atoms with E-state index in [0.29, 0.717) is 0 Å². The number of ether oxygens (including phenoxy) is 2. The molecule has 0 aliphatic carbocycles. The smallest absolute Gasteiger partial charge is 0.134 e. The molecule has 4 heteroatoms. The molecule has 8 aromatic rings. The lowest BCUT2D eigenvalue weighted by molar-refractivity contribution is 0.399. The summed E-state index contributed by atoms with van der Waals surface area (Å²) in [6.07, 6.45) is 0. The van der Waals surface area contributed by atoms with Gasteiger partial charge in [-0.15, -0.1) is 0 Å². The third kappa shape index (κ3) is 4.99. The van der Waals surface area contributed by atoms with Crippen LogP contribution in [0.4, 0.5) is 34.1 Å². The summed E-state index contributed by atoms with van der Waals surface area (Å²) in [6, 6.07) is 72.2. The topological polar surface area (TPSA) is 24.9 Å². The molecule has 2 heterocycles. The monoisotopic (exact) mass is 682 g/mol. The summed E-state index contributed by atoms with van der Waals surface area (Å²) in [7, 11) is 0. The molecule has 0 unspecified atom stereocenters. The van der Waals surface area contributed by atoms with E-state index in [1.807, 2.05) is 24.3 Å². The van der Waals surface area contributed by atoms with E-state index in [-0.39, 0.29) is 0 Å². The first-order chi connectivity index (χ1) is 26.3. The maximum atomic E-state index is 7.06. The highest BCUT2D eigenvalue weighted by atomic mass is 16.5. The summed E-state index contributed by atoms with van der Waals surface area (Å²) in [6.45, 7) is 0. The zero-order chi connectivity index (χ0) is 35.2. The molecule has 53 heavy (non-hydrogen) atoms. The standard InChI is InChI=1S/C49H34N2O2/c1-5-17-35(18-6-1)50(36-19-7-2-8-20-36)39-30-32-47-44(33-39)49(41-25-13-15-27-45(41)52-46-28-16-14-26-42(46)49)43-31-29-40(34-48(43)53-47)51(37-21-9-3-10-22-37)38-23-11-4-12-24-38/h1-34H. The maximum absolute atomic E-state index is 7.06. The lowest BCUT2D eigenvalue weighted by Gasteiger charge is -2.45. The van der Waals surface area contributed by atoms with E-state index in [9.17, 15) is 0 Å². The molecule has 4 nitrogen and oxygen atoms in total. The summed E-state index contributed by atoms with van der Waals surface area (Å²) in [5.41, 5.74) is 9.83. The van der Waals surface area contributed by atoms with Gasteiger partial charge in [-0.25, -0.2) is 0 Å². The second-order valence-electron chi connectivity index (χ2n) is 13.3. The Kier molecular flexibility index (Phi) is 7.33. The Morgan fingerprint density at radius 3 is 1.11 bits per heavy atom. The first-order valence-electron chi connectivity index (χ1n) is 17.9. The van der Waals surface area contributed by atoms with Gasteiger partial charge in [0.05, 0.1) is 5.41 Å². The molecule has 0 N–H and O–H groups in total. The van der Waals surface area contributed by atoms with Gasteiger partial charge in [0.2, 0.25) is 0 Å². The molecule has 0 aromatic heterocycles. The molecule has 2 aliphatic rings. The molecule has 0 radical (unpaired) electrons. The predicted molar refractivity (Wildman–Crippen MR) is 214 cm³/mol. The zero-order valence-corrected chi connectivity index (χ0v) is 28.8. The number of hydrogen-bond acceptors (Lipinski definition) is 4. The van der Waals surface area contributed by atoms with Crippen molar-refractivity contribution in [2.75, 3.05) is 9.80 Å². The molecule has 2 aliphatic heterocycles. The van der Waals surface area contributed by atoms with Crippen LogP contribution >= 0.6 is 0 Å². The molecule has 8 aromatic carbocycles. The summed E-state index contributed by atoms with van der Waals surface area (Å²) in [5, 5.41) is 0. The van der Waals surface area contributed by atoms with Gasteiger partial charge in [-0.05, 0) is 84.9 Å². The van der Waals surface area contributed by atoms with Crippen LogP contribution in [0.15, 0.2) is 206 Å². The van der Waals surface area contributed by atoms with Crippen molar-refractivity contribution in [2.24, 2.45) is 0 Å². The van der Waals surface area contributed by atoms with Gasteiger partial charge in [-0.3, -0.25) is 0 Å². The highest BCUT2D eigenvalue weighted by Gasteiger charge is 2.51. The summed E-state index contributed by atoms with van der Waals surface area (Å²) in [5.74, 6) is 3.27. The van der Waals surface area contributed by atoms with Gasteiger partial charge < -0.3 is 19.3 Å². The normalized spacial score (nSPS) is 13.0. The van der Waals surface area contributed by atoms with Crippen LogP contribution in [0.5, 0.6) is 23.0 Å². The largest absolute Gasteiger partial charge is 0.457 e. The first kappa shape index (κ1) is 30.8. The number of nitrogens with zero attached hydrogens (tertiary/aromatic N) is 2. The third-order valence-corrected chi connectivity index (χ3v) is 10.3. The van der Waals surface area contributed by atoms with Crippen molar-refractivity contribution in [1.29, 1.82) is 0 Å². The summed E-state index contributed by atoms with van der Waals surface area (Å²) < 4.78 is 13.7. The van der Waals surface area contributed by atoms with E-state index in [4.69, 9.17) is 9.47 Å². The van der Waals surface area contributed by atoms with Crippen LogP contribution in [0.1, 0.15) is 22.3 Å². The fourth-order valence-corrected chi connectivity index (χ4v) is 8.12. The molecule has 10 rings (SSSR count). The second kappa shape index (κ2) is 12.6. The van der Waals surface area contributed by atoms with Crippen LogP contribution in [0, 0.1) is 0 Å². The molecule has 0 amide bonds. The van der Waals surface area contributed by atoms with Crippen LogP contribution in [0.3, 0.4) is 0 Å². The van der Waals surface area contributed by atoms with E-state index >= 15 is 0 Å². The number of hydrogen-bond donors (Lipinski definition) is 0. The van der Waals surface area contributed by atoms with Crippen molar-refractivity contribution < 1.29 is 9.47 Å². The van der Waals surface area contributed by atoms with Crippen molar-refractivity contribution in [3.05, 3.63) is 229 Å². The van der Waals surface area contributed by atoms with Crippen LogP contribution in [-0.2, 0) is 5.41 Å². The van der Waals surface area contributed by atoms with Gasteiger partial charge in [0.25, 0.3) is 0 Å². The average Bonchev–Trinajstić information content (AvgIpc) is 3.23. The van der Waals surface area contributed by atoms with E-state index in [1.165, 1.54) is 0 Å². The van der Waals surface area contributed by atoms with Crippen LogP contribution in [0.25, 0.3) is 0 Å². The highest BCUT2D eigenvalue weighted by molar-refractivity contribution is 5.84. The lowest BCUT2D eigenvalue weighted by atomic mass is 9.62. The fourth-order valence-electron chi connectivity index (χ4n) is 8.12. The van der Waals surface area contributed by atoms with Gasteiger partial charge >= 0.3 is 0 Å². The third-order valence-electron chi connectivity index (χ3n) is 10.3. The summed E-state index contributed by atoms with van der Waals surface area (Å²) >= 11 is 0. The van der Waals surface area contributed by atoms with E-state index in [1.54, 1.807) is 0 Å². The molecular formula is C49H34N2O2. The van der Waals surface area contributed by atoms with E-state index < -0.39 is 5.41 Å². The summed E-state index contributed by atoms with van der Waals surface area (Å²) in [4.78, 5) is 4.58. The second-order valence-corrected chi connectivity index (χ2v) is 13.3. The molecule has 0 atom stereocenters. The minimum Gasteiger partial charge on any atom is -0.457 e. The van der Waals surface area contributed by atoms with Gasteiger partial charge in [0.15, 0.2) is 0 Å². The van der Waals surface area contributed by atoms with Gasteiger partial charge in [0.1, 0.15) is 23.0 Å². The number of benzene rings is 8.